The molecule has 0 saturated heterocycles. The van der Waals surface area contributed by atoms with Gasteiger partial charge in [0.15, 0.2) is 0 Å². The van der Waals surface area contributed by atoms with Crippen molar-refractivity contribution in [3.63, 3.8) is 0 Å². The highest BCUT2D eigenvalue weighted by molar-refractivity contribution is 9.10. The summed E-state index contributed by atoms with van der Waals surface area (Å²) in [6, 6.07) is 2.37. The molecule has 1 N–H and O–H groups in total. The zero-order chi connectivity index (χ0) is 14.0. The molecule has 2 rings (SSSR count). The molecule has 1 atom stereocenters. The first-order chi connectivity index (χ1) is 9.04. The molecule has 0 amide bonds. The number of aryl methyl sites for hydroxylation is 1. The summed E-state index contributed by atoms with van der Waals surface area (Å²) >= 11 is 3.07. The number of rotatable bonds is 4. The second-order valence-electron chi connectivity index (χ2n) is 4.26. The van der Waals surface area contributed by atoms with Gasteiger partial charge in [-0.15, -0.1) is 0 Å². The minimum absolute atomic E-state index is 0.0525. The molecular formula is C13H14BrF2N3. The van der Waals surface area contributed by atoms with Crippen LogP contribution in [-0.4, -0.2) is 16.6 Å². The highest BCUT2D eigenvalue weighted by atomic mass is 79.9. The molecule has 1 unspecified atom stereocenters. The number of likely N-dealkylation sites (N-methyl/N-ethyl adjacent to an activating group) is 1. The smallest absolute Gasteiger partial charge is 0.143 e. The lowest BCUT2D eigenvalue weighted by Gasteiger charge is -2.17. The van der Waals surface area contributed by atoms with Gasteiger partial charge in [0.2, 0.25) is 0 Å². The van der Waals surface area contributed by atoms with E-state index in [4.69, 9.17) is 0 Å². The van der Waals surface area contributed by atoms with Gasteiger partial charge in [0.1, 0.15) is 17.5 Å². The van der Waals surface area contributed by atoms with E-state index in [0.717, 1.165) is 5.82 Å². The molecular weight excluding hydrogens is 316 g/mol. The highest BCUT2D eigenvalue weighted by Gasteiger charge is 2.20. The topological polar surface area (TPSA) is 29.9 Å². The molecule has 1 aromatic carbocycles. The molecule has 102 valence electrons. The Morgan fingerprint density at radius 1 is 1.42 bits per heavy atom. The average molecular weight is 330 g/mol. The Hall–Kier alpha value is -1.27. The van der Waals surface area contributed by atoms with E-state index in [9.17, 15) is 8.78 Å². The van der Waals surface area contributed by atoms with E-state index in [-0.39, 0.29) is 22.5 Å². The summed E-state index contributed by atoms with van der Waals surface area (Å²) in [7, 11) is 3.59. The first kappa shape index (κ1) is 14.1. The third-order valence-electron chi connectivity index (χ3n) is 3.07. The number of aromatic nitrogens is 2. The molecule has 0 saturated carbocycles. The van der Waals surface area contributed by atoms with Crippen molar-refractivity contribution in [2.24, 2.45) is 7.05 Å². The summed E-state index contributed by atoms with van der Waals surface area (Å²) in [5.41, 5.74) is 0.0525. The van der Waals surface area contributed by atoms with E-state index in [2.05, 4.69) is 26.2 Å². The minimum atomic E-state index is -0.561. The van der Waals surface area contributed by atoms with E-state index in [0.29, 0.717) is 0 Å². The lowest BCUT2D eigenvalue weighted by molar-refractivity contribution is 0.491. The Kier molecular flexibility index (Phi) is 4.31. The number of hydrogen-bond donors (Lipinski definition) is 1. The van der Waals surface area contributed by atoms with Gasteiger partial charge in [-0.1, -0.05) is 0 Å². The van der Waals surface area contributed by atoms with Gasteiger partial charge < -0.3 is 9.88 Å². The standard InChI is InChI=1S/C13H14BrF2N3/c1-17-11(13-18-5-6-19(13)2)7-8-10(15)4-3-9(14)12(8)16/h3-6,11,17H,7H2,1-2H3. The molecule has 0 aliphatic rings. The van der Waals surface area contributed by atoms with Gasteiger partial charge in [0.25, 0.3) is 0 Å². The second-order valence-corrected chi connectivity index (χ2v) is 5.12. The predicted octanol–water partition coefficient (Wildman–Crippen LogP) is 2.96. The van der Waals surface area contributed by atoms with Gasteiger partial charge in [0, 0.05) is 31.4 Å². The van der Waals surface area contributed by atoms with Gasteiger partial charge in [-0.25, -0.2) is 13.8 Å². The van der Waals surface area contributed by atoms with E-state index < -0.39 is 11.6 Å². The van der Waals surface area contributed by atoms with Crippen LogP contribution in [0.2, 0.25) is 0 Å². The van der Waals surface area contributed by atoms with Crippen molar-refractivity contribution in [1.29, 1.82) is 0 Å². The number of benzene rings is 1. The highest BCUT2D eigenvalue weighted by Crippen LogP contribution is 2.25. The Labute approximate surface area is 118 Å². The second kappa shape index (κ2) is 5.79. The molecule has 0 bridgehead atoms. The summed E-state index contributed by atoms with van der Waals surface area (Å²) in [6.45, 7) is 0. The van der Waals surface area contributed by atoms with Crippen LogP contribution in [0.15, 0.2) is 29.0 Å². The van der Waals surface area contributed by atoms with Gasteiger partial charge in [0.05, 0.1) is 10.5 Å². The quantitative estimate of drug-likeness (QED) is 0.874. The Balaban J connectivity index is 2.34. The van der Waals surface area contributed by atoms with Crippen molar-refractivity contribution in [3.05, 3.63) is 52.0 Å². The van der Waals surface area contributed by atoms with Crippen LogP contribution < -0.4 is 5.32 Å². The maximum atomic E-state index is 14.0. The van der Waals surface area contributed by atoms with Gasteiger partial charge >= 0.3 is 0 Å². The summed E-state index contributed by atoms with van der Waals surface area (Å²) < 4.78 is 29.8. The van der Waals surface area contributed by atoms with Gasteiger partial charge in [-0.2, -0.15) is 0 Å². The Morgan fingerprint density at radius 3 is 2.74 bits per heavy atom. The van der Waals surface area contributed by atoms with Crippen LogP contribution in [0.4, 0.5) is 8.78 Å². The van der Waals surface area contributed by atoms with Crippen LogP contribution in [-0.2, 0) is 13.5 Å². The monoisotopic (exact) mass is 329 g/mol. The van der Waals surface area contributed by atoms with Crippen molar-refractivity contribution < 1.29 is 8.78 Å². The summed E-state index contributed by atoms with van der Waals surface area (Å²) in [5.74, 6) is -0.370. The molecule has 3 nitrogen and oxygen atoms in total. The molecule has 0 fully saturated rings. The normalized spacial score (nSPS) is 12.7. The fourth-order valence-electron chi connectivity index (χ4n) is 2.00. The fourth-order valence-corrected chi connectivity index (χ4v) is 2.37. The number of nitrogens with one attached hydrogen (secondary N) is 1. The zero-order valence-electron chi connectivity index (χ0n) is 10.6. The van der Waals surface area contributed by atoms with Crippen LogP contribution in [0.5, 0.6) is 0 Å². The molecule has 0 spiro atoms. The Bertz CT molecular complexity index is 583. The first-order valence-corrected chi connectivity index (χ1v) is 6.60. The van der Waals surface area contributed by atoms with Crippen LogP contribution in [0, 0.1) is 11.6 Å². The maximum Gasteiger partial charge on any atom is 0.143 e. The predicted molar refractivity (Wildman–Crippen MR) is 72.8 cm³/mol. The van der Waals surface area contributed by atoms with Crippen LogP contribution in [0.3, 0.4) is 0 Å². The van der Waals surface area contributed by atoms with Crippen molar-refractivity contribution in [2.75, 3.05) is 7.05 Å². The first-order valence-electron chi connectivity index (χ1n) is 5.81. The van der Waals surface area contributed by atoms with E-state index in [1.165, 1.54) is 12.1 Å². The number of imidazole rings is 1. The van der Waals surface area contributed by atoms with Crippen LogP contribution in [0.1, 0.15) is 17.4 Å². The molecule has 1 heterocycles. The molecule has 0 radical (unpaired) electrons. The molecule has 2 aromatic rings. The van der Waals surface area contributed by atoms with E-state index >= 15 is 0 Å². The van der Waals surface area contributed by atoms with Crippen LogP contribution >= 0.6 is 15.9 Å². The molecule has 0 aliphatic heterocycles. The number of halogens is 3. The third-order valence-corrected chi connectivity index (χ3v) is 3.68. The number of nitrogens with zero attached hydrogens (tertiary/aromatic N) is 2. The van der Waals surface area contributed by atoms with Crippen molar-refractivity contribution in [1.82, 2.24) is 14.9 Å². The lowest BCUT2D eigenvalue weighted by atomic mass is 10.0. The van der Waals surface area contributed by atoms with Gasteiger partial charge in [-0.05, 0) is 35.1 Å². The lowest BCUT2D eigenvalue weighted by Crippen LogP contribution is -2.23. The molecule has 19 heavy (non-hydrogen) atoms. The third kappa shape index (κ3) is 2.84. The van der Waals surface area contributed by atoms with E-state index in [1.807, 2.05) is 11.6 Å². The molecule has 1 aromatic heterocycles. The summed E-state index contributed by atoms with van der Waals surface area (Å²) in [5, 5.41) is 3.04. The minimum Gasteiger partial charge on any atom is -0.337 e. The largest absolute Gasteiger partial charge is 0.337 e. The molecule has 0 aliphatic carbocycles. The van der Waals surface area contributed by atoms with Crippen molar-refractivity contribution >= 4 is 15.9 Å². The maximum absolute atomic E-state index is 14.0. The van der Waals surface area contributed by atoms with E-state index in [1.54, 1.807) is 19.4 Å². The van der Waals surface area contributed by atoms with Crippen LogP contribution in [0.25, 0.3) is 0 Å². The Morgan fingerprint density at radius 2 is 2.16 bits per heavy atom. The average Bonchev–Trinajstić information content (AvgIpc) is 2.81. The van der Waals surface area contributed by atoms with Gasteiger partial charge in [-0.3, -0.25) is 0 Å². The fraction of sp³-hybridized carbons (Fsp3) is 0.308. The van der Waals surface area contributed by atoms with Crippen molar-refractivity contribution in [3.8, 4) is 0 Å². The summed E-state index contributed by atoms with van der Waals surface area (Å²) in [6.07, 6.45) is 3.65. The molecule has 6 heteroatoms. The SMILES string of the molecule is CNC(Cc1c(F)ccc(Br)c1F)c1nccn1C. The zero-order valence-corrected chi connectivity index (χ0v) is 12.2. The van der Waals surface area contributed by atoms with Crippen molar-refractivity contribution in [2.45, 2.75) is 12.5 Å². The number of hydrogen-bond acceptors (Lipinski definition) is 2. The summed E-state index contributed by atoms with van der Waals surface area (Å²) in [4.78, 5) is 4.21.